The summed E-state index contributed by atoms with van der Waals surface area (Å²) >= 11 is 0. The molecule has 2 N–H and O–H groups in total. The van der Waals surface area contributed by atoms with Crippen molar-refractivity contribution in [3.8, 4) is 23.0 Å². The molecular weight excluding hydrogens is 544 g/mol. The maximum absolute atomic E-state index is 12.6. The SMILES string of the molecule is CCC(=O)CCCC[C@@H](c1c(C)[nH]c2ccc(OC)cc12)[C@H](NC(C)=O)c1ncc(-c2cc3ccccc3nc2OC)o1. The fourth-order valence-electron chi connectivity index (χ4n) is 5.81. The molecule has 2 atom stereocenters. The number of Topliss-reactive ketones (excluding diaryl/α,β-unsaturated/α-hetero) is 1. The van der Waals surface area contributed by atoms with E-state index < -0.39 is 6.04 Å². The fraction of sp³-hybridized carbons (Fsp3) is 0.353. The van der Waals surface area contributed by atoms with Crippen LogP contribution in [-0.2, 0) is 9.59 Å². The normalized spacial score (nSPS) is 12.8. The van der Waals surface area contributed by atoms with Crippen LogP contribution < -0.4 is 14.8 Å². The van der Waals surface area contributed by atoms with E-state index in [1.165, 1.54) is 6.92 Å². The first-order valence-corrected chi connectivity index (χ1v) is 14.7. The number of unbranched alkanes of at least 4 members (excludes halogenated alkanes) is 1. The molecule has 0 aliphatic heterocycles. The Balaban J connectivity index is 1.59. The number of amides is 1. The van der Waals surface area contributed by atoms with Gasteiger partial charge in [0.2, 0.25) is 17.7 Å². The summed E-state index contributed by atoms with van der Waals surface area (Å²) in [6.45, 7) is 5.42. The molecule has 0 radical (unpaired) electrons. The van der Waals surface area contributed by atoms with E-state index in [9.17, 15) is 9.59 Å². The Labute approximate surface area is 251 Å². The zero-order chi connectivity index (χ0) is 30.5. The average Bonchev–Trinajstić information content (AvgIpc) is 3.63. The van der Waals surface area contributed by atoms with E-state index in [1.54, 1.807) is 20.4 Å². The Bertz CT molecular complexity index is 1750. The largest absolute Gasteiger partial charge is 0.497 e. The van der Waals surface area contributed by atoms with Gasteiger partial charge in [-0.3, -0.25) is 9.59 Å². The third kappa shape index (κ3) is 6.40. The minimum atomic E-state index is -0.573. The van der Waals surface area contributed by atoms with Gasteiger partial charge in [0, 0.05) is 47.7 Å². The summed E-state index contributed by atoms with van der Waals surface area (Å²) in [5, 5.41) is 5.09. The summed E-state index contributed by atoms with van der Waals surface area (Å²) in [6, 6.07) is 15.1. The molecule has 3 heterocycles. The predicted octanol–water partition coefficient (Wildman–Crippen LogP) is 7.20. The van der Waals surface area contributed by atoms with Gasteiger partial charge in [0.05, 0.1) is 31.5 Å². The molecule has 9 heteroatoms. The lowest BCUT2D eigenvalue weighted by atomic mass is 9.84. The van der Waals surface area contributed by atoms with Gasteiger partial charge in [0.15, 0.2) is 5.76 Å². The lowest BCUT2D eigenvalue weighted by Gasteiger charge is -2.26. The number of nitrogens with zero attached hydrogens (tertiary/aromatic N) is 2. The van der Waals surface area contributed by atoms with E-state index in [1.807, 2.05) is 62.4 Å². The van der Waals surface area contributed by atoms with Crippen LogP contribution in [0.15, 0.2) is 59.1 Å². The molecule has 0 unspecified atom stereocenters. The number of ether oxygens (including phenoxy) is 2. The van der Waals surface area contributed by atoms with E-state index in [4.69, 9.17) is 18.9 Å². The first kappa shape index (κ1) is 29.8. The molecule has 5 rings (SSSR count). The minimum absolute atomic E-state index is 0.198. The smallest absolute Gasteiger partial charge is 0.224 e. The summed E-state index contributed by atoms with van der Waals surface area (Å²) in [4.78, 5) is 37.5. The summed E-state index contributed by atoms with van der Waals surface area (Å²) in [5.41, 5.74) is 4.50. The topological polar surface area (TPSA) is 119 Å². The monoisotopic (exact) mass is 582 g/mol. The molecular formula is C34H38N4O5. The van der Waals surface area contributed by atoms with Gasteiger partial charge in [0.1, 0.15) is 17.6 Å². The highest BCUT2D eigenvalue weighted by molar-refractivity contribution is 5.87. The van der Waals surface area contributed by atoms with Crippen molar-refractivity contribution >= 4 is 33.5 Å². The van der Waals surface area contributed by atoms with Crippen molar-refractivity contribution in [1.82, 2.24) is 20.3 Å². The predicted molar refractivity (Wildman–Crippen MR) is 166 cm³/mol. The maximum atomic E-state index is 12.6. The van der Waals surface area contributed by atoms with E-state index in [0.717, 1.165) is 51.7 Å². The van der Waals surface area contributed by atoms with Crippen molar-refractivity contribution in [2.45, 2.75) is 64.8 Å². The number of hydrogen-bond donors (Lipinski definition) is 2. The minimum Gasteiger partial charge on any atom is -0.497 e. The Hall–Kier alpha value is -4.66. The molecule has 224 valence electrons. The molecule has 0 aliphatic rings. The third-order valence-corrected chi connectivity index (χ3v) is 7.93. The molecule has 9 nitrogen and oxygen atoms in total. The number of benzene rings is 2. The number of carbonyl (C=O) groups excluding carboxylic acids is 2. The van der Waals surface area contributed by atoms with Crippen molar-refractivity contribution in [2.24, 2.45) is 0 Å². The number of hydrogen-bond acceptors (Lipinski definition) is 7. The number of aryl methyl sites for hydroxylation is 1. The number of para-hydroxylation sites is 1. The van der Waals surface area contributed by atoms with Crippen molar-refractivity contribution in [3.05, 3.63) is 71.9 Å². The Morgan fingerprint density at radius 3 is 2.63 bits per heavy atom. The van der Waals surface area contributed by atoms with E-state index in [0.29, 0.717) is 42.4 Å². The lowest BCUT2D eigenvalue weighted by Crippen LogP contribution is -2.31. The molecule has 3 aromatic heterocycles. The Morgan fingerprint density at radius 1 is 1.07 bits per heavy atom. The van der Waals surface area contributed by atoms with Gasteiger partial charge in [-0.05, 0) is 55.7 Å². The van der Waals surface area contributed by atoms with Crippen LogP contribution in [0.3, 0.4) is 0 Å². The number of oxazole rings is 1. The number of pyridine rings is 1. The van der Waals surface area contributed by atoms with E-state index in [-0.39, 0.29) is 17.6 Å². The van der Waals surface area contributed by atoms with Crippen LogP contribution in [0.1, 0.15) is 75.1 Å². The van der Waals surface area contributed by atoms with Gasteiger partial charge < -0.3 is 24.2 Å². The summed E-state index contributed by atoms with van der Waals surface area (Å²) < 4.78 is 17.6. The van der Waals surface area contributed by atoms with Gasteiger partial charge in [-0.1, -0.05) is 31.5 Å². The first-order valence-electron chi connectivity index (χ1n) is 14.7. The van der Waals surface area contributed by atoms with Crippen molar-refractivity contribution in [2.75, 3.05) is 14.2 Å². The number of fused-ring (bicyclic) bond motifs is 2. The summed E-state index contributed by atoms with van der Waals surface area (Å²) in [6.07, 6.45) is 4.97. The number of aromatic nitrogens is 3. The third-order valence-electron chi connectivity index (χ3n) is 7.93. The quantitative estimate of drug-likeness (QED) is 0.141. The Kier molecular flexibility index (Phi) is 9.09. The van der Waals surface area contributed by atoms with E-state index >= 15 is 0 Å². The summed E-state index contributed by atoms with van der Waals surface area (Å²) in [5.74, 6) is 1.88. The second-order valence-corrected chi connectivity index (χ2v) is 10.8. The summed E-state index contributed by atoms with van der Waals surface area (Å²) in [7, 11) is 3.22. The zero-order valence-electron chi connectivity index (χ0n) is 25.3. The van der Waals surface area contributed by atoms with Gasteiger partial charge in [-0.25, -0.2) is 9.97 Å². The average molecular weight is 583 g/mol. The molecule has 0 spiro atoms. The zero-order valence-corrected chi connectivity index (χ0v) is 25.3. The molecule has 0 bridgehead atoms. The second-order valence-electron chi connectivity index (χ2n) is 10.8. The van der Waals surface area contributed by atoms with Gasteiger partial charge in [-0.2, -0.15) is 0 Å². The number of H-pyrrole nitrogens is 1. The molecule has 1 amide bonds. The van der Waals surface area contributed by atoms with Crippen LogP contribution in [0.5, 0.6) is 11.6 Å². The van der Waals surface area contributed by atoms with Crippen LogP contribution in [0.4, 0.5) is 0 Å². The Morgan fingerprint density at radius 2 is 1.88 bits per heavy atom. The molecule has 2 aromatic carbocycles. The van der Waals surface area contributed by atoms with Crippen LogP contribution in [0.2, 0.25) is 0 Å². The number of ketones is 1. The van der Waals surface area contributed by atoms with E-state index in [2.05, 4.69) is 15.3 Å². The number of carbonyl (C=O) groups is 2. The second kappa shape index (κ2) is 13.1. The molecule has 0 aliphatic carbocycles. The highest BCUT2D eigenvalue weighted by atomic mass is 16.5. The number of nitrogens with one attached hydrogen (secondary N) is 2. The van der Waals surface area contributed by atoms with Gasteiger partial charge in [-0.15, -0.1) is 0 Å². The fourth-order valence-corrected chi connectivity index (χ4v) is 5.81. The van der Waals surface area contributed by atoms with Gasteiger partial charge >= 0.3 is 0 Å². The van der Waals surface area contributed by atoms with Crippen molar-refractivity contribution in [1.29, 1.82) is 0 Å². The first-order chi connectivity index (χ1) is 20.8. The molecule has 5 aromatic rings. The lowest BCUT2D eigenvalue weighted by molar-refractivity contribution is -0.120. The highest BCUT2D eigenvalue weighted by Gasteiger charge is 2.33. The van der Waals surface area contributed by atoms with Gasteiger partial charge in [0.25, 0.3) is 0 Å². The molecule has 0 saturated carbocycles. The van der Waals surface area contributed by atoms with Crippen LogP contribution >= 0.6 is 0 Å². The molecule has 0 saturated heterocycles. The maximum Gasteiger partial charge on any atom is 0.224 e. The molecule has 0 fully saturated rings. The standard InChI is InChI=1S/C34H38N4O5/c1-6-23(40)12-8-9-13-25(31-20(2)36-29-16-15-24(41-4)18-26(29)31)32(37-21(3)39)34-35-19-30(43-34)27-17-22-11-7-10-14-28(22)38-33(27)42-5/h7,10-11,14-19,25,32,36H,6,8-9,12-13H2,1-5H3,(H,37,39)/t25-,32-/m0/s1. The highest BCUT2D eigenvalue weighted by Crippen LogP contribution is 2.42. The van der Waals surface area contributed by atoms with Crippen LogP contribution in [0.25, 0.3) is 33.1 Å². The van der Waals surface area contributed by atoms with Crippen LogP contribution in [0, 0.1) is 6.92 Å². The number of methoxy groups -OCH3 is 2. The number of aromatic amines is 1. The number of rotatable bonds is 13. The van der Waals surface area contributed by atoms with Crippen molar-refractivity contribution in [3.63, 3.8) is 0 Å². The molecule has 43 heavy (non-hydrogen) atoms. The van der Waals surface area contributed by atoms with Crippen LogP contribution in [-0.4, -0.2) is 40.9 Å². The van der Waals surface area contributed by atoms with Crippen molar-refractivity contribution < 1.29 is 23.5 Å².